The normalized spacial score (nSPS) is 15.7. The number of amides is 1. The second kappa shape index (κ2) is 7.19. The van der Waals surface area contributed by atoms with Crippen LogP contribution in [0.5, 0.6) is 0 Å². The van der Waals surface area contributed by atoms with E-state index >= 15 is 0 Å². The van der Waals surface area contributed by atoms with Crippen molar-refractivity contribution < 1.29 is 4.79 Å². The molecule has 0 unspecified atom stereocenters. The molecule has 30 heavy (non-hydrogen) atoms. The zero-order valence-electron chi connectivity index (χ0n) is 17.5. The minimum atomic E-state index is -0.590. The van der Waals surface area contributed by atoms with Crippen LogP contribution in [0.2, 0.25) is 0 Å². The smallest absolute Gasteiger partial charge is 0.328 e. The third kappa shape index (κ3) is 3.42. The largest absolute Gasteiger partial charge is 0.338 e. The van der Waals surface area contributed by atoms with Gasteiger partial charge in [0.1, 0.15) is 5.56 Å². The summed E-state index contributed by atoms with van der Waals surface area (Å²) in [4.78, 5) is 40.6. The molecule has 1 fully saturated rings. The third-order valence-corrected chi connectivity index (χ3v) is 5.61. The van der Waals surface area contributed by atoms with Gasteiger partial charge in [-0.3, -0.25) is 14.2 Å². The van der Waals surface area contributed by atoms with Crippen LogP contribution < -0.4 is 11.2 Å². The predicted octanol–water partition coefficient (Wildman–Crippen LogP) is 0.829. The van der Waals surface area contributed by atoms with Crippen molar-refractivity contribution >= 4 is 11.6 Å². The van der Waals surface area contributed by atoms with E-state index in [2.05, 4.69) is 36.0 Å². The lowest BCUT2D eigenvalue weighted by Gasteiger charge is -2.31. The summed E-state index contributed by atoms with van der Waals surface area (Å²) in [5.74, 6) is 0.540. The summed E-state index contributed by atoms with van der Waals surface area (Å²) >= 11 is 0. The molecule has 10 nitrogen and oxygen atoms in total. The van der Waals surface area contributed by atoms with Gasteiger partial charge in [0, 0.05) is 37.7 Å². The van der Waals surface area contributed by atoms with Crippen LogP contribution in [0.3, 0.4) is 0 Å². The summed E-state index contributed by atoms with van der Waals surface area (Å²) in [6, 6.07) is 3.90. The first-order valence-corrected chi connectivity index (χ1v) is 9.97. The number of nitrogens with one attached hydrogen (secondary N) is 1. The molecule has 158 valence electrons. The highest BCUT2D eigenvalue weighted by Gasteiger charge is 2.29. The average Bonchev–Trinajstić information content (AvgIpc) is 3.14. The van der Waals surface area contributed by atoms with Crippen molar-refractivity contribution in [3.63, 3.8) is 0 Å². The SMILES string of the molecule is Cn1c(=O)[nH]cc(C(=O)N2CCC(c3nnc4ccc(C(C)(C)C)nn34)CC2)c1=O. The molecule has 0 spiro atoms. The van der Waals surface area contributed by atoms with E-state index in [4.69, 9.17) is 5.10 Å². The van der Waals surface area contributed by atoms with E-state index in [1.165, 1.54) is 13.2 Å². The molecule has 1 aliphatic heterocycles. The average molecular weight is 411 g/mol. The van der Waals surface area contributed by atoms with Gasteiger partial charge in [0.2, 0.25) is 0 Å². The van der Waals surface area contributed by atoms with Crippen molar-refractivity contribution in [2.24, 2.45) is 7.05 Å². The van der Waals surface area contributed by atoms with Gasteiger partial charge in [-0.2, -0.15) is 9.61 Å². The fourth-order valence-electron chi connectivity index (χ4n) is 3.69. The van der Waals surface area contributed by atoms with Gasteiger partial charge >= 0.3 is 5.69 Å². The molecule has 0 radical (unpaired) electrons. The molecule has 3 aromatic heterocycles. The molecular formula is C20H25N7O3. The number of piperidine rings is 1. The molecule has 10 heteroatoms. The van der Waals surface area contributed by atoms with E-state index in [0.717, 1.165) is 16.1 Å². The minimum absolute atomic E-state index is 0.0278. The van der Waals surface area contributed by atoms with Gasteiger partial charge in [-0.15, -0.1) is 10.2 Å². The number of rotatable bonds is 2. The van der Waals surface area contributed by atoms with Crippen molar-refractivity contribution in [3.8, 4) is 0 Å². The fourth-order valence-corrected chi connectivity index (χ4v) is 3.69. The molecule has 0 aromatic carbocycles. The predicted molar refractivity (Wildman–Crippen MR) is 110 cm³/mol. The summed E-state index contributed by atoms with van der Waals surface area (Å²) in [6.45, 7) is 7.29. The zero-order valence-corrected chi connectivity index (χ0v) is 17.5. The van der Waals surface area contributed by atoms with Crippen LogP contribution in [-0.2, 0) is 12.5 Å². The Morgan fingerprint density at radius 1 is 1.13 bits per heavy atom. The maximum Gasteiger partial charge on any atom is 0.328 e. The number of H-pyrrole nitrogens is 1. The molecule has 0 saturated carbocycles. The second-order valence-corrected chi connectivity index (χ2v) is 8.73. The molecule has 1 aliphatic rings. The molecule has 4 rings (SSSR count). The number of carbonyl (C=O) groups excluding carboxylic acids is 1. The summed E-state index contributed by atoms with van der Waals surface area (Å²) in [6.07, 6.45) is 2.58. The summed E-state index contributed by atoms with van der Waals surface area (Å²) < 4.78 is 2.71. The lowest BCUT2D eigenvalue weighted by molar-refractivity contribution is 0.0707. The molecule has 0 aliphatic carbocycles. The topological polar surface area (TPSA) is 118 Å². The first kappa shape index (κ1) is 20.0. The fraction of sp³-hybridized carbons (Fsp3) is 0.500. The zero-order chi connectivity index (χ0) is 21.6. The van der Waals surface area contributed by atoms with Crippen LogP contribution in [0.1, 0.15) is 61.4 Å². The molecule has 4 heterocycles. The van der Waals surface area contributed by atoms with Gasteiger partial charge in [0.15, 0.2) is 11.5 Å². The number of hydrogen-bond donors (Lipinski definition) is 1. The summed E-state index contributed by atoms with van der Waals surface area (Å²) in [5, 5.41) is 13.3. The Bertz CT molecular complexity index is 1220. The van der Waals surface area contributed by atoms with Gasteiger partial charge in [-0.25, -0.2) is 4.79 Å². The molecule has 0 bridgehead atoms. The Kier molecular flexibility index (Phi) is 4.79. The number of aromatic nitrogens is 6. The lowest BCUT2D eigenvalue weighted by Crippen LogP contribution is -2.43. The number of hydrogen-bond acceptors (Lipinski definition) is 6. The maximum absolute atomic E-state index is 12.8. The Balaban J connectivity index is 1.54. The van der Waals surface area contributed by atoms with Crippen LogP contribution in [0.25, 0.3) is 5.65 Å². The van der Waals surface area contributed by atoms with Gasteiger partial charge in [0.05, 0.1) is 5.69 Å². The van der Waals surface area contributed by atoms with E-state index in [0.29, 0.717) is 31.6 Å². The van der Waals surface area contributed by atoms with Crippen molar-refractivity contribution in [2.75, 3.05) is 13.1 Å². The van der Waals surface area contributed by atoms with Crippen LogP contribution in [0, 0.1) is 0 Å². The van der Waals surface area contributed by atoms with E-state index < -0.39 is 11.2 Å². The Morgan fingerprint density at radius 2 is 1.83 bits per heavy atom. The van der Waals surface area contributed by atoms with Gasteiger partial charge in [-0.1, -0.05) is 20.8 Å². The van der Waals surface area contributed by atoms with Crippen molar-refractivity contribution in [1.29, 1.82) is 0 Å². The highest BCUT2D eigenvalue weighted by atomic mass is 16.2. The first-order chi connectivity index (χ1) is 14.2. The second-order valence-electron chi connectivity index (χ2n) is 8.73. The molecular weight excluding hydrogens is 386 g/mol. The van der Waals surface area contributed by atoms with Crippen LogP contribution in [0.15, 0.2) is 27.9 Å². The van der Waals surface area contributed by atoms with E-state index in [1.54, 1.807) is 9.42 Å². The number of aromatic amines is 1. The van der Waals surface area contributed by atoms with Gasteiger partial charge in [0.25, 0.3) is 11.5 Å². The molecule has 1 saturated heterocycles. The minimum Gasteiger partial charge on any atom is -0.338 e. The van der Waals surface area contributed by atoms with E-state index in [9.17, 15) is 14.4 Å². The number of nitrogens with zero attached hydrogens (tertiary/aromatic N) is 6. The van der Waals surface area contributed by atoms with Gasteiger partial charge in [-0.05, 0) is 25.0 Å². The summed E-state index contributed by atoms with van der Waals surface area (Å²) in [5.41, 5.74) is 0.407. The summed E-state index contributed by atoms with van der Waals surface area (Å²) in [7, 11) is 1.35. The van der Waals surface area contributed by atoms with Crippen molar-refractivity contribution in [1.82, 2.24) is 34.3 Å². The first-order valence-electron chi connectivity index (χ1n) is 9.97. The highest BCUT2D eigenvalue weighted by Crippen LogP contribution is 2.28. The van der Waals surface area contributed by atoms with Gasteiger partial charge < -0.3 is 9.88 Å². The third-order valence-electron chi connectivity index (χ3n) is 5.61. The Morgan fingerprint density at radius 3 is 2.50 bits per heavy atom. The molecule has 0 atom stereocenters. The number of fused-ring (bicyclic) bond motifs is 1. The van der Waals surface area contributed by atoms with E-state index in [-0.39, 0.29) is 22.8 Å². The van der Waals surface area contributed by atoms with Crippen LogP contribution >= 0.6 is 0 Å². The van der Waals surface area contributed by atoms with Crippen LogP contribution in [-0.4, -0.2) is 53.3 Å². The number of likely N-dealkylation sites (tertiary alicyclic amines) is 1. The number of carbonyl (C=O) groups is 1. The van der Waals surface area contributed by atoms with Crippen molar-refractivity contribution in [2.45, 2.75) is 44.9 Å². The molecule has 3 aromatic rings. The highest BCUT2D eigenvalue weighted by molar-refractivity contribution is 5.93. The maximum atomic E-state index is 12.8. The standard InChI is InChI=1S/C20H25N7O3/c1-20(2,3)14-5-6-15-22-23-16(27(15)24-14)12-7-9-26(10-8-12)18(29)13-11-21-19(30)25(4)17(13)28/h5-6,11-12H,7-10H2,1-4H3,(H,21,30). The monoisotopic (exact) mass is 411 g/mol. The quantitative estimate of drug-likeness (QED) is 0.667. The Labute approximate surface area is 172 Å². The molecule has 1 N–H and O–H groups in total. The Hall–Kier alpha value is -3.30. The lowest BCUT2D eigenvalue weighted by atomic mass is 9.92. The van der Waals surface area contributed by atoms with E-state index in [1.807, 2.05) is 12.1 Å². The van der Waals surface area contributed by atoms with Crippen molar-refractivity contribution in [3.05, 3.63) is 56.2 Å². The molecule has 1 amide bonds. The van der Waals surface area contributed by atoms with Crippen LogP contribution in [0.4, 0.5) is 0 Å².